The summed E-state index contributed by atoms with van der Waals surface area (Å²) in [7, 11) is 1.55. The van der Waals surface area contributed by atoms with Crippen LogP contribution in [0.25, 0.3) is 10.8 Å². The van der Waals surface area contributed by atoms with Gasteiger partial charge in [-0.3, -0.25) is 9.36 Å². The second-order valence-electron chi connectivity index (χ2n) is 4.42. The van der Waals surface area contributed by atoms with Crippen molar-refractivity contribution in [2.75, 3.05) is 7.11 Å². The van der Waals surface area contributed by atoms with E-state index in [2.05, 4.69) is 0 Å². The van der Waals surface area contributed by atoms with Crippen LogP contribution in [0.15, 0.2) is 51.9 Å². The Hall–Kier alpha value is -2.69. The minimum Gasteiger partial charge on any atom is -0.497 e. The fourth-order valence-electron chi connectivity index (χ4n) is 2.15. The van der Waals surface area contributed by atoms with Gasteiger partial charge in [-0.25, -0.2) is 0 Å². The molecule has 0 aliphatic carbocycles. The van der Waals surface area contributed by atoms with Crippen molar-refractivity contribution in [2.45, 2.75) is 6.54 Å². The summed E-state index contributed by atoms with van der Waals surface area (Å²) in [6.45, 7) is 0.185. The van der Waals surface area contributed by atoms with Crippen molar-refractivity contribution in [2.24, 2.45) is 0 Å². The van der Waals surface area contributed by atoms with Gasteiger partial charge in [0.25, 0.3) is 5.56 Å². The van der Waals surface area contributed by atoms with Crippen LogP contribution in [0.4, 0.5) is 0 Å². The quantitative estimate of drug-likeness (QED) is 0.794. The molecule has 0 aliphatic heterocycles. The number of benzene rings is 1. The predicted octanol–water partition coefficient (Wildman–Crippen LogP) is 2.36. The topological polar surface area (TPSA) is 64.6 Å². The first-order chi connectivity index (χ1) is 9.69. The summed E-state index contributed by atoms with van der Waals surface area (Å²) in [4.78, 5) is 12.1. The maximum atomic E-state index is 12.1. The highest BCUT2D eigenvalue weighted by Crippen LogP contribution is 2.27. The predicted molar refractivity (Wildman–Crippen MR) is 74.2 cm³/mol. The molecule has 20 heavy (non-hydrogen) atoms. The first kappa shape index (κ1) is 12.3. The van der Waals surface area contributed by atoms with E-state index < -0.39 is 0 Å². The number of methoxy groups -OCH3 is 1. The lowest BCUT2D eigenvalue weighted by Crippen LogP contribution is -2.19. The number of pyridine rings is 1. The van der Waals surface area contributed by atoms with Crippen molar-refractivity contribution in [1.82, 2.24) is 4.57 Å². The fraction of sp³-hybridized carbons (Fsp3) is 0.133. The zero-order chi connectivity index (χ0) is 14.1. The lowest BCUT2D eigenvalue weighted by molar-refractivity contribution is 0.403. The molecule has 0 radical (unpaired) electrons. The minimum absolute atomic E-state index is 0.0946. The van der Waals surface area contributed by atoms with Gasteiger partial charge in [-0.1, -0.05) is 6.07 Å². The summed E-state index contributed by atoms with van der Waals surface area (Å²) in [5, 5.41) is 11.6. The molecule has 3 rings (SSSR count). The van der Waals surface area contributed by atoms with Crippen LogP contribution in [0.1, 0.15) is 5.76 Å². The number of hydrogen-bond donors (Lipinski definition) is 1. The zero-order valence-corrected chi connectivity index (χ0v) is 10.9. The molecule has 0 saturated heterocycles. The second-order valence-corrected chi connectivity index (χ2v) is 4.42. The number of hydrogen-bond acceptors (Lipinski definition) is 4. The molecule has 0 atom stereocenters. The Labute approximate surface area is 114 Å². The molecule has 5 heteroatoms. The molecule has 0 saturated carbocycles. The molecule has 1 N–H and O–H groups in total. The van der Waals surface area contributed by atoms with Crippen LogP contribution in [0.2, 0.25) is 0 Å². The van der Waals surface area contributed by atoms with Crippen LogP contribution in [0, 0.1) is 0 Å². The van der Waals surface area contributed by atoms with E-state index in [1.165, 1.54) is 16.9 Å². The van der Waals surface area contributed by atoms with Crippen molar-refractivity contribution in [3.05, 3.63) is 58.8 Å². The Morgan fingerprint density at radius 1 is 1.30 bits per heavy atom. The van der Waals surface area contributed by atoms with E-state index in [4.69, 9.17) is 9.15 Å². The largest absolute Gasteiger partial charge is 0.497 e. The maximum absolute atomic E-state index is 12.1. The van der Waals surface area contributed by atoms with Gasteiger partial charge in [-0.2, -0.15) is 0 Å². The molecule has 0 fully saturated rings. The molecule has 5 nitrogen and oxygen atoms in total. The summed E-state index contributed by atoms with van der Waals surface area (Å²) >= 11 is 0. The highest BCUT2D eigenvalue weighted by atomic mass is 16.5. The standard InChI is InChI=1S/C15H13NO4/c1-19-11-5-4-10-7-14(17)16(15(18)13(10)8-11)9-12-3-2-6-20-12/h2-8,18H,9H2,1H3. The van der Waals surface area contributed by atoms with E-state index >= 15 is 0 Å². The third-order valence-corrected chi connectivity index (χ3v) is 3.20. The van der Waals surface area contributed by atoms with Crippen molar-refractivity contribution >= 4 is 10.8 Å². The second kappa shape index (κ2) is 4.77. The molecular formula is C15H13NO4. The fourth-order valence-corrected chi connectivity index (χ4v) is 2.15. The average Bonchev–Trinajstić information content (AvgIpc) is 2.96. The van der Waals surface area contributed by atoms with E-state index in [0.717, 1.165) is 0 Å². The lowest BCUT2D eigenvalue weighted by Gasteiger charge is -2.10. The molecule has 102 valence electrons. The summed E-state index contributed by atoms with van der Waals surface area (Å²) in [6, 6.07) is 10.2. The third kappa shape index (κ3) is 2.03. The van der Waals surface area contributed by atoms with Gasteiger partial charge in [0, 0.05) is 11.5 Å². The molecule has 2 aromatic heterocycles. The van der Waals surface area contributed by atoms with Crippen LogP contribution in [-0.4, -0.2) is 16.8 Å². The Morgan fingerprint density at radius 2 is 2.15 bits per heavy atom. The first-order valence-electron chi connectivity index (χ1n) is 6.12. The van der Waals surface area contributed by atoms with Crippen molar-refractivity contribution < 1.29 is 14.3 Å². The minimum atomic E-state index is -0.281. The smallest absolute Gasteiger partial charge is 0.254 e. The molecule has 3 aromatic rings. The number of fused-ring (bicyclic) bond motifs is 1. The van der Waals surface area contributed by atoms with Crippen molar-refractivity contribution in [1.29, 1.82) is 0 Å². The van der Waals surface area contributed by atoms with Crippen LogP contribution in [0.5, 0.6) is 11.6 Å². The van der Waals surface area contributed by atoms with Crippen LogP contribution in [-0.2, 0) is 6.54 Å². The van der Waals surface area contributed by atoms with Crippen LogP contribution < -0.4 is 10.3 Å². The highest BCUT2D eigenvalue weighted by Gasteiger charge is 2.11. The molecule has 0 unspecified atom stereocenters. The molecule has 2 heterocycles. The van der Waals surface area contributed by atoms with Gasteiger partial charge in [0.2, 0.25) is 5.88 Å². The molecule has 0 aliphatic rings. The normalized spacial score (nSPS) is 10.8. The van der Waals surface area contributed by atoms with Crippen LogP contribution >= 0.6 is 0 Å². The van der Waals surface area contributed by atoms with Crippen molar-refractivity contribution in [3.8, 4) is 11.6 Å². The Bertz CT molecular complexity index is 803. The monoisotopic (exact) mass is 271 g/mol. The van der Waals surface area contributed by atoms with Gasteiger partial charge in [0.15, 0.2) is 0 Å². The number of ether oxygens (including phenoxy) is 1. The molecule has 1 aromatic carbocycles. The summed E-state index contributed by atoms with van der Waals surface area (Å²) in [5.41, 5.74) is -0.281. The number of aromatic nitrogens is 1. The highest BCUT2D eigenvalue weighted by molar-refractivity contribution is 5.87. The molecular weight excluding hydrogens is 258 g/mol. The van der Waals surface area contributed by atoms with Gasteiger partial charge in [0.1, 0.15) is 11.5 Å². The van der Waals surface area contributed by atoms with Gasteiger partial charge < -0.3 is 14.3 Å². The molecule has 0 amide bonds. The lowest BCUT2D eigenvalue weighted by atomic mass is 10.1. The van der Waals surface area contributed by atoms with Gasteiger partial charge in [-0.05, 0) is 29.7 Å². The number of aromatic hydroxyl groups is 1. The number of rotatable bonds is 3. The summed E-state index contributed by atoms with van der Waals surface area (Å²) < 4.78 is 11.6. The van der Waals surface area contributed by atoms with Crippen molar-refractivity contribution in [3.63, 3.8) is 0 Å². The number of nitrogens with zero attached hydrogens (tertiary/aromatic N) is 1. The van der Waals surface area contributed by atoms with E-state index in [0.29, 0.717) is 22.3 Å². The summed E-state index contributed by atoms with van der Waals surface area (Å²) in [6.07, 6.45) is 1.53. The van der Waals surface area contributed by atoms with E-state index in [1.54, 1.807) is 37.4 Å². The van der Waals surface area contributed by atoms with E-state index in [1.807, 2.05) is 0 Å². The van der Waals surface area contributed by atoms with Crippen LogP contribution in [0.3, 0.4) is 0 Å². The van der Waals surface area contributed by atoms with E-state index in [9.17, 15) is 9.90 Å². The first-order valence-corrected chi connectivity index (χ1v) is 6.12. The SMILES string of the molecule is COc1ccc2cc(=O)n(Cc3ccco3)c(O)c2c1. The third-order valence-electron chi connectivity index (χ3n) is 3.20. The molecule has 0 bridgehead atoms. The maximum Gasteiger partial charge on any atom is 0.254 e. The average molecular weight is 271 g/mol. The Morgan fingerprint density at radius 3 is 2.85 bits per heavy atom. The van der Waals surface area contributed by atoms with Gasteiger partial charge in [-0.15, -0.1) is 0 Å². The molecule has 0 spiro atoms. The number of furan rings is 1. The van der Waals surface area contributed by atoms with Gasteiger partial charge in [0.05, 0.1) is 19.9 Å². The van der Waals surface area contributed by atoms with Gasteiger partial charge >= 0.3 is 0 Å². The Kier molecular flexibility index (Phi) is 2.95. The zero-order valence-electron chi connectivity index (χ0n) is 10.9. The summed E-state index contributed by atoms with van der Waals surface area (Å²) in [5.74, 6) is 1.13. The Balaban J connectivity index is 2.19. The van der Waals surface area contributed by atoms with E-state index in [-0.39, 0.29) is 18.0 Å².